The zero-order valence-electron chi connectivity index (χ0n) is 12.8. The molecular formula is C18H19N3O2. The van der Waals surface area contributed by atoms with Gasteiger partial charge in [0.25, 0.3) is 0 Å². The van der Waals surface area contributed by atoms with E-state index in [1.165, 1.54) is 0 Å². The minimum atomic E-state index is -0.106. The summed E-state index contributed by atoms with van der Waals surface area (Å²) < 4.78 is 7.44. The van der Waals surface area contributed by atoms with Crippen LogP contribution in [0.15, 0.2) is 60.9 Å². The second-order valence-electron chi connectivity index (χ2n) is 5.26. The predicted molar refractivity (Wildman–Crippen MR) is 88.8 cm³/mol. The molecule has 23 heavy (non-hydrogen) atoms. The molecule has 3 rings (SSSR count). The molecule has 0 aliphatic heterocycles. The Kier molecular flexibility index (Phi) is 5.01. The number of hydrogen-bond acceptors (Lipinski definition) is 3. The lowest BCUT2D eigenvalue weighted by atomic mass is 10.2. The minimum Gasteiger partial charge on any atom is -0.367 e. The number of hydrogen-bond donors (Lipinski definition) is 1. The summed E-state index contributed by atoms with van der Waals surface area (Å²) in [5.74, 6) is -0.106. The van der Waals surface area contributed by atoms with Crippen LogP contribution in [-0.2, 0) is 22.7 Å². The van der Waals surface area contributed by atoms with Crippen molar-refractivity contribution in [2.75, 3.05) is 13.2 Å². The highest BCUT2D eigenvalue weighted by Gasteiger charge is 2.03. The van der Waals surface area contributed by atoms with Crippen LogP contribution >= 0.6 is 0 Å². The van der Waals surface area contributed by atoms with Crippen LogP contribution in [0, 0.1) is 0 Å². The normalized spacial score (nSPS) is 10.8. The molecule has 0 fully saturated rings. The molecule has 1 aromatic heterocycles. The number of amides is 1. The Morgan fingerprint density at radius 3 is 2.74 bits per heavy atom. The van der Waals surface area contributed by atoms with Gasteiger partial charge < -0.3 is 14.6 Å². The van der Waals surface area contributed by atoms with Crippen LogP contribution in [0.3, 0.4) is 0 Å². The standard InChI is InChI=1S/C18H19N3O2/c22-18(13-23-12-15-6-2-1-3-7-15)19-10-11-21-14-20-16-8-4-5-9-17(16)21/h1-9,14H,10-13H2,(H,19,22). The fraction of sp³-hybridized carbons (Fsp3) is 0.222. The lowest BCUT2D eigenvalue weighted by Gasteiger charge is -2.08. The molecule has 0 saturated heterocycles. The molecule has 1 N–H and O–H groups in total. The number of imidazole rings is 1. The van der Waals surface area contributed by atoms with Gasteiger partial charge in [0.1, 0.15) is 6.61 Å². The van der Waals surface area contributed by atoms with Gasteiger partial charge >= 0.3 is 0 Å². The van der Waals surface area contributed by atoms with E-state index in [2.05, 4.69) is 10.3 Å². The second-order valence-corrected chi connectivity index (χ2v) is 5.26. The van der Waals surface area contributed by atoms with Crippen LogP contribution in [0.25, 0.3) is 11.0 Å². The molecule has 1 heterocycles. The van der Waals surface area contributed by atoms with Crippen molar-refractivity contribution in [1.29, 1.82) is 0 Å². The zero-order valence-corrected chi connectivity index (χ0v) is 12.8. The van der Waals surface area contributed by atoms with Gasteiger partial charge in [0.05, 0.1) is 24.0 Å². The van der Waals surface area contributed by atoms with E-state index in [0.717, 1.165) is 16.6 Å². The fourth-order valence-electron chi connectivity index (χ4n) is 2.39. The lowest BCUT2D eigenvalue weighted by molar-refractivity contribution is -0.126. The van der Waals surface area contributed by atoms with Gasteiger partial charge in [0, 0.05) is 13.1 Å². The van der Waals surface area contributed by atoms with Crippen molar-refractivity contribution < 1.29 is 9.53 Å². The number of para-hydroxylation sites is 2. The van der Waals surface area contributed by atoms with E-state index in [1.54, 1.807) is 6.33 Å². The summed E-state index contributed by atoms with van der Waals surface area (Å²) in [5.41, 5.74) is 3.09. The number of rotatable bonds is 7. The first-order valence-electron chi connectivity index (χ1n) is 7.61. The Labute approximate surface area is 134 Å². The Bertz CT molecular complexity index is 768. The molecule has 0 atom stereocenters. The third-order valence-corrected chi connectivity index (χ3v) is 3.55. The highest BCUT2D eigenvalue weighted by Crippen LogP contribution is 2.10. The molecule has 3 aromatic rings. The van der Waals surface area contributed by atoms with Crippen molar-refractivity contribution in [3.8, 4) is 0 Å². The number of carbonyl (C=O) groups excluding carboxylic acids is 1. The first kappa shape index (κ1) is 15.2. The van der Waals surface area contributed by atoms with Crippen molar-refractivity contribution >= 4 is 16.9 Å². The molecule has 5 heteroatoms. The van der Waals surface area contributed by atoms with Gasteiger partial charge in [-0.3, -0.25) is 4.79 Å². The molecule has 0 saturated carbocycles. The third kappa shape index (κ3) is 4.17. The minimum absolute atomic E-state index is 0.0690. The number of fused-ring (bicyclic) bond motifs is 1. The van der Waals surface area contributed by atoms with Crippen LogP contribution in [0.1, 0.15) is 5.56 Å². The Hall–Kier alpha value is -2.66. The quantitative estimate of drug-likeness (QED) is 0.729. The molecule has 0 bridgehead atoms. The summed E-state index contributed by atoms with van der Waals surface area (Å²) in [5, 5.41) is 2.86. The predicted octanol–water partition coefficient (Wildman–Crippen LogP) is 2.37. The van der Waals surface area contributed by atoms with Crippen molar-refractivity contribution in [2.45, 2.75) is 13.2 Å². The molecule has 2 aromatic carbocycles. The van der Waals surface area contributed by atoms with E-state index < -0.39 is 0 Å². The summed E-state index contributed by atoms with van der Waals surface area (Å²) >= 11 is 0. The number of carbonyl (C=O) groups is 1. The highest BCUT2D eigenvalue weighted by molar-refractivity contribution is 5.77. The highest BCUT2D eigenvalue weighted by atomic mass is 16.5. The van der Waals surface area contributed by atoms with Crippen LogP contribution in [-0.4, -0.2) is 28.6 Å². The Balaban J connectivity index is 1.39. The summed E-state index contributed by atoms with van der Waals surface area (Å²) in [6.07, 6.45) is 1.79. The van der Waals surface area contributed by atoms with Gasteiger partial charge in [-0.05, 0) is 17.7 Å². The van der Waals surface area contributed by atoms with Gasteiger partial charge in [-0.1, -0.05) is 42.5 Å². The molecule has 0 spiro atoms. The molecule has 118 valence electrons. The van der Waals surface area contributed by atoms with Crippen molar-refractivity contribution in [2.24, 2.45) is 0 Å². The largest absolute Gasteiger partial charge is 0.367 e. The molecule has 0 aliphatic rings. The average Bonchev–Trinajstić information content (AvgIpc) is 2.99. The van der Waals surface area contributed by atoms with Crippen molar-refractivity contribution in [3.05, 3.63) is 66.5 Å². The summed E-state index contributed by atoms with van der Waals surface area (Å²) in [7, 11) is 0. The molecule has 5 nitrogen and oxygen atoms in total. The smallest absolute Gasteiger partial charge is 0.246 e. The first-order valence-corrected chi connectivity index (χ1v) is 7.61. The Morgan fingerprint density at radius 2 is 1.87 bits per heavy atom. The molecule has 0 radical (unpaired) electrons. The topological polar surface area (TPSA) is 56.1 Å². The number of nitrogens with zero attached hydrogens (tertiary/aromatic N) is 2. The fourth-order valence-corrected chi connectivity index (χ4v) is 2.39. The van der Waals surface area contributed by atoms with E-state index in [4.69, 9.17) is 4.74 Å². The second kappa shape index (κ2) is 7.56. The van der Waals surface area contributed by atoms with E-state index in [-0.39, 0.29) is 12.5 Å². The average molecular weight is 309 g/mol. The summed E-state index contributed by atoms with van der Waals surface area (Å²) in [4.78, 5) is 16.1. The molecular weight excluding hydrogens is 290 g/mol. The SMILES string of the molecule is O=C(COCc1ccccc1)NCCn1cnc2ccccc21. The number of nitrogens with one attached hydrogen (secondary N) is 1. The van der Waals surface area contributed by atoms with Crippen molar-refractivity contribution in [1.82, 2.24) is 14.9 Å². The van der Waals surface area contributed by atoms with Gasteiger partial charge in [-0.15, -0.1) is 0 Å². The van der Waals surface area contributed by atoms with Crippen molar-refractivity contribution in [3.63, 3.8) is 0 Å². The maximum atomic E-state index is 11.8. The van der Waals surface area contributed by atoms with E-state index in [1.807, 2.05) is 59.2 Å². The Morgan fingerprint density at radius 1 is 1.09 bits per heavy atom. The molecule has 0 aliphatic carbocycles. The van der Waals surface area contributed by atoms with Crippen LogP contribution < -0.4 is 5.32 Å². The summed E-state index contributed by atoms with van der Waals surface area (Å²) in [6.45, 7) is 1.75. The summed E-state index contributed by atoms with van der Waals surface area (Å²) in [6, 6.07) is 17.7. The zero-order chi connectivity index (χ0) is 15.9. The number of ether oxygens (including phenoxy) is 1. The van der Waals surface area contributed by atoms with Gasteiger partial charge in [0.2, 0.25) is 5.91 Å². The van der Waals surface area contributed by atoms with E-state index in [0.29, 0.717) is 19.7 Å². The van der Waals surface area contributed by atoms with Gasteiger partial charge in [0.15, 0.2) is 0 Å². The molecule has 0 unspecified atom stereocenters. The lowest BCUT2D eigenvalue weighted by Crippen LogP contribution is -2.30. The van der Waals surface area contributed by atoms with Crippen LogP contribution in [0.4, 0.5) is 0 Å². The van der Waals surface area contributed by atoms with E-state index >= 15 is 0 Å². The maximum absolute atomic E-state index is 11.8. The van der Waals surface area contributed by atoms with Crippen LogP contribution in [0.5, 0.6) is 0 Å². The number of aromatic nitrogens is 2. The third-order valence-electron chi connectivity index (χ3n) is 3.55. The first-order chi connectivity index (χ1) is 11.3. The van der Waals surface area contributed by atoms with Crippen LogP contribution in [0.2, 0.25) is 0 Å². The van der Waals surface area contributed by atoms with Gasteiger partial charge in [-0.25, -0.2) is 4.98 Å². The number of benzene rings is 2. The monoisotopic (exact) mass is 309 g/mol. The maximum Gasteiger partial charge on any atom is 0.246 e. The van der Waals surface area contributed by atoms with Gasteiger partial charge in [-0.2, -0.15) is 0 Å². The molecule has 1 amide bonds. The van der Waals surface area contributed by atoms with E-state index in [9.17, 15) is 4.79 Å².